The van der Waals surface area contributed by atoms with Crippen molar-refractivity contribution in [2.75, 3.05) is 0 Å². The summed E-state index contributed by atoms with van der Waals surface area (Å²) in [7, 11) is 0. The second-order valence-electron chi connectivity index (χ2n) is 1.66. The third-order valence-corrected chi connectivity index (χ3v) is 2.17. The third-order valence-electron chi connectivity index (χ3n) is 0.988. The molecule has 0 spiro atoms. The number of hydrogen-bond acceptors (Lipinski definition) is 0. The Labute approximate surface area is 75.3 Å². The van der Waals surface area contributed by atoms with Crippen molar-refractivity contribution in [2.24, 2.45) is 0 Å². The molecule has 0 amide bonds. The van der Waals surface area contributed by atoms with E-state index in [2.05, 4.69) is 0 Å². The number of hydrogen-bond donors (Lipinski definition) is 0. The van der Waals surface area contributed by atoms with E-state index >= 15 is 0 Å². The number of benzene rings is 1. The van der Waals surface area contributed by atoms with E-state index < -0.39 is 16.7 Å². The molecule has 0 N–H and O–H groups in total. The van der Waals surface area contributed by atoms with E-state index in [-0.39, 0.29) is 0 Å². The van der Waals surface area contributed by atoms with Gasteiger partial charge in [0.05, 0.1) is 3.57 Å². The average molecular weight is 274 g/mol. The molecule has 0 unspecified atom stereocenters. The highest BCUT2D eigenvalue weighted by molar-refractivity contribution is 14.1. The van der Waals surface area contributed by atoms with Gasteiger partial charge in [0.1, 0.15) is 10.8 Å². The summed E-state index contributed by atoms with van der Waals surface area (Å²) >= 11 is 6.97. The maximum absolute atomic E-state index is 12.6. The maximum atomic E-state index is 12.6. The minimum Gasteiger partial charge on any atom is -0.205 e. The van der Waals surface area contributed by atoms with Gasteiger partial charge < -0.3 is 0 Å². The SMILES string of the molecule is Fc1ccc(I)c(F)c1Cl. The van der Waals surface area contributed by atoms with Crippen LogP contribution in [-0.4, -0.2) is 0 Å². The fourth-order valence-electron chi connectivity index (χ4n) is 0.502. The maximum Gasteiger partial charge on any atom is 0.158 e. The predicted molar refractivity (Wildman–Crippen MR) is 44.1 cm³/mol. The van der Waals surface area contributed by atoms with Gasteiger partial charge in [0.15, 0.2) is 5.82 Å². The molecule has 54 valence electrons. The van der Waals surface area contributed by atoms with Crippen molar-refractivity contribution in [3.05, 3.63) is 32.4 Å². The Balaban J connectivity index is 3.34. The summed E-state index contributed by atoms with van der Waals surface area (Å²) in [4.78, 5) is 0. The van der Waals surface area contributed by atoms with Crippen molar-refractivity contribution < 1.29 is 8.78 Å². The fraction of sp³-hybridized carbons (Fsp3) is 0. The molecule has 0 aromatic heterocycles. The molecule has 1 aromatic carbocycles. The quantitative estimate of drug-likeness (QED) is 0.387. The van der Waals surface area contributed by atoms with E-state index in [1.165, 1.54) is 6.07 Å². The molecular formula is C6H2ClF2I. The average Bonchev–Trinajstić information content (AvgIpc) is 1.93. The molecule has 10 heavy (non-hydrogen) atoms. The lowest BCUT2D eigenvalue weighted by Crippen LogP contribution is -1.86. The lowest BCUT2D eigenvalue weighted by atomic mass is 10.3. The Bertz CT molecular complexity index is 235. The van der Waals surface area contributed by atoms with Crippen LogP contribution in [0.25, 0.3) is 0 Å². The van der Waals surface area contributed by atoms with Crippen LogP contribution >= 0.6 is 34.2 Å². The Hall–Kier alpha value is 0.1000. The van der Waals surface area contributed by atoms with Gasteiger partial charge in [-0.05, 0) is 34.7 Å². The monoisotopic (exact) mass is 274 g/mol. The normalized spacial score (nSPS) is 10.0. The van der Waals surface area contributed by atoms with E-state index in [1.54, 1.807) is 22.6 Å². The van der Waals surface area contributed by atoms with Crippen molar-refractivity contribution in [3.8, 4) is 0 Å². The number of halogens is 4. The second-order valence-corrected chi connectivity index (χ2v) is 3.20. The van der Waals surface area contributed by atoms with Gasteiger partial charge in [-0.15, -0.1) is 0 Å². The molecule has 0 saturated carbocycles. The van der Waals surface area contributed by atoms with Crippen LogP contribution in [-0.2, 0) is 0 Å². The van der Waals surface area contributed by atoms with Gasteiger partial charge in [-0.25, -0.2) is 8.78 Å². The summed E-state index contributed by atoms with van der Waals surface area (Å²) in [6, 6.07) is 2.46. The van der Waals surface area contributed by atoms with Gasteiger partial charge in [-0.1, -0.05) is 11.6 Å². The standard InChI is InChI=1S/C6H2ClF2I/c7-5-3(8)1-2-4(10)6(5)9/h1-2H. The lowest BCUT2D eigenvalue weighted by molar-refractivity contribution is 0.579. The van der Waals surface area contributed by atoms with Crippen molar-refractivity contribution in [3.63, 3.8) is 0 Å². The minimum absolute atomic E-state index is 0.323. The van der Waals surface area contributed by atoms with Crippen LogP contribution in [0.2, 0.25) is 5.02 Å². The molecule has 0 aliphatic carbocycles. The van der Waals surface area contributed by atoms with Crippen molar-refractivity contribution in [1.29, 1.82) is 0 Å². The van der Waals surface area contributed by atoms with Crippen molar-refractivity contribution in [2.45, 2.75) is 0 Å². The van der Waals surface area contributed by atoms with Crippen LogP contribution in [0.4, 0.5) is 8.78 Å². The molecule has 0 atom stereocenters. The van der Waals surface area contributed by atoms with Gasteiger partial charge in [0, 0.05) is 0 Å². The molecule has 0 saturated heterocycles. The van der Waals surface area contributed by atoms with Crippen molar-refractivity contribution in [1.82, 2.24) is 0 Å². The summed E-state index contributed by atoms with van der Waals surface area (Å²) in [5.74, 6) is -1.41. The molecule has 0 fully saturated rings. The molecule has 0 nitrogen and oxygen atoms in total. The van der Waals surface area contributed by atoms with Gasteiger partial charge in [0.2, 0.25) is 0 Å². The first-order chi connectivity index (χ1) is 4.63. The Morgan fingerprint density at radius 3 is 2.40 bits per heavy atom. The van der Waals surface area contributed by atoms with E-state index in [9.17, 15) is 8.78 Å². The van der Waals surface area contributed by atoms with E-state index in [1.807, 2.05) is 0 Å². The summed E-state index contributed by atoms with van der Waals surface area (Å²) in [6.07, 6.45) is 0. The Kier molecular flexibility index (Phi) is 2.46. The van der Waals surface area contributed by atoms with Gasteiger partial charge in [-0.3, -0.25) is 0 Å². The van der Waals surface area contributed by atoms with Crippen LogP contribution in [0.3, 0.4) is 0 Å². The summed E-state index contributed by atoms with van der Waals surface area (Å²) in [5, 5.41) is -0.438. The van der Waals surface area contributed by atoms with Gasteiger partial charge >= 0.3 is 0 Å². The molecule has 1 aromatic rings. The first-order valence-corrected chi connectivity index (χ1v) is 3.87. The molecule has 0 aliphatic rings. The van der Waals surface area contributed by atoms with Crippen LogP contribution in [0.15, 0.2) is 12.1 Å². The smallest absolute Gasteiger partial charge is 0.158 e. The molecule has 0 bridgehead atoms. The molecule has 0 aliphatic heterocycles. The summed E-state index contributed by atoms with van der Waals surface area (Å²) < 4.78 is 25.3. The first kappa shape index (κ1) is 8.20. The summed E-state index contributed by atoms with van der Waals surface area (Å²) in [6.45, 7) is 0. The molecular weight excluding hydrogens is 272 g/mol. The third kappa shape index (κ3) is 1.40. The van der Waals surface area contributed by atoms with Crippen LogP contribution < -0.4 is 0 Å². The Morgan fingerprint density at radius 2 is 1.90 bits per heavy atom. The molecule has 4 heteroatoms. The zero-order valence-electron chi connectivity index (χ0n) is 4.67. The zero-order valence-corrected chi connectivity index (χ0v) is 7.58. The minimum atomic E-state index is -0.723. The largest absolute Gasteiger partial charge is 0.205 e. The first-order valence-electron chi connectivity index (χ1n) is 2.42. The zero-order chi connectivity index (χ0) is 7.72. The van der Waals surface area contributed by atoms with Crippen LogP contribution in [0.1, 0.15) is 0 Å². The van der Waals surface area contributed by atoms with E-state index in [0.29, 0.717) is 3.57 Å². The number of rotatable bonds is 0. The predicted octanol–water partition coefficient (Wildman–Crippen LogP) is 3.22. The van der Waals surface area contributed by atoms with Crippen molar-refractivity contribution >= 4 is 34.2 Å². The van der Waals surface area contributed by atoms with Gasteiger partial charge in [-0.2, -0.15) is 0 Å². The Morgan fingerprint density at radius 1 is 1.30 bits per heavy atom. The van der Waals surface area contributed by atoms with Crippen LogP contribution in [0.5, 0.6) is 0 Å². The molecule has 0 heterocycles. The fourth-order valence-corrected chi connectivity index (χ4v) is 1.28. The summed E-state index contributed by atoms with van der Waals surface area (Å²) in [5.41, 5.74) is 0. The highest BCUT2D eigenvalue weighted by Crippen LogP contribution is 2.22. The molecule has 1 rings (SSSR count). The highest BCUT2D eigenvalue weighted by Gasteiger charge is 2.08. The van der Waals surface area contributed by atoms with Crippen LogP contribution in [0, 0.1) is 15.2 Å². The molecule has 0 radical (unpaired) electrons. The van der Waals surface area contributed by atoms with E-state index in [0.717, 1.165) is 6.07 Å². The topological polar surface area (TPSA) is 0 Å². The lowest BCUT2D eigenvalue weighted by Gasteiger charge is -1.96. The second kappa shape index (κ2) is 3.00. The highest BCUT2D eigenvalue weighted by atomic mass is 127. The van der Waals surface area contributed by atoms with E-state index in [4.69, 9.17) is 11.6 Å². The van der Waals surface area contributed by atoms with Gasteiger partial charge in [0.25, 0.3) is 0 Å².